The first-order chi connectivity index (χ1) is 12.5. The van der Waals surface area contributed by atoms with Crippen molar-refractivity contribution in [2.24, 2.45) is 14.1 Å². The Hall–Kier alpha value is -3.27. The van der Waals surface area contributed by atoms with Gasteiger partial charge in [-0.05, 0) is 24.1 Å². The van der Waals surface area contributed by atoms with Crippen LogP contribution in [0.5, 0.6) is 0 Å². The summed E-state index contributed by atoms with van der Waals surface area (Å²) in [7, 11) is 3.80. The summed E-state index contributed by atoms with van der Waals surface area (Å²) in [6.45, 7) is 1.28. The maximum Gasteiger partial charge on any atom is 0.268 e. The minimum atomic E-state index is -0.101. The Labute approximate surface area is 151 Å². The number of likely N-dealkylation sites (tertiary alicyclic amines) is 1. The molecule has 0 aliphatic carbocycles. The van der Waals surface area contributed by atoms with Crippen LogP contribution in [0, 0.1) is 11.5 Å². The van der Waals surface area contributed by atoms with Gasteiger partial charge in [0.1, 0.15) is 5.69 Å². The summed E-state index contributed by atoms with van der Waals surface area (Å²) in [6, 6.07) is 8.08. The molecule has 0 saturated carbocycles. The largest absolute Gasteiger partial charge is 0.346 e. The molecule has 3 heterocycles. The molecule has 7 nitrogen and oxygen atoms in total. The number of benzene rings is 1. The van der Waals surface area contributed by atoms with E-state index in [1.54, 1.807) is 9.58 Å². The van der Waals surface area contributed by atoms with E-state index in [1.165, 1.54) is 0 Å². The Balaban J connectivity index is 1.61. The highest BCUT2D eigenvalue weighted by atomic mass is 16.2. The van der Waals surface area contributed by atoms with E-state index in [1.807, 2.05) is 49.3 Å². The number of aromatic nitrogens is 3. The predicted octanol–water partition coefficient (Wildman–Crippen LogP) is 1.86. The summed E-state index contributed by atoms with van der Waals surface area (Å²) in [5, 5.41) is 17.2. The van der Waals surface area contributed by atoms with Crippen LogP contribution in [0.4, 0.5) is 0 Å². The molecular formula is C19H20N6O. The van der Waals surface area contributed by atoms with Crippen molar-refractivity contribution in [3.63, 3.8) is 0 Å². The number of hydrogen-bond acceptors (Lipinski definition) is 4. The molecule has 26 heavy (non-hydrogen) atoms. The van der Waals surface area contributed by atoms with Crippen molar-refractivity contribution in [3.8, 4) is 17.3 Å². The molecule has 132 valence electrons. The molecule has 2 aromatic heterocycles. The SMILES string of the molecule is Cn1cc(-c2ccc3cc(C(=O)NC4CCN(C#N)C4)n(C)c3c2)cn1. The van der Waals surface area contributed by atoms with E-state index in [9.17, 15) is 4.79 Å². The van der Waals surface area contributed by atoms with Gasteiger partial charge in [0.15, 0.2) is 6.19 Å². The number of rotatable bonds is 3. The lowest BCUT2D eigenvalue weighted by Gasteiger charge is -2.12. The Morgan fingerprint density at radius 1 is 1.31 bits per heavy atom. The van der Waals surface area contributed by atoms with Crippen molar-refractivity contribution in [3.05, 3.63) is 42.4 Å². The zero-order chi connectivity index (χ0) is 18.3. The summed E-state index contributed by atoms with van der Waals surface area (Å²) in [6.07, 6.45) is 6.74. The van der Waals surface area contributed by atoms with Gasteiger partial charge >= 0.3 is 0 Å². The van der Waals surface area contributed by atoms with E-state index in [2.05, 4.69) is 22.7 Å². The normalized spacial score (nSPS) is 16.8. The van der Waals surface area contributed by atoms with Gasteiger partial charge in [0.2, 0.25) is 0 Å². The lowest BCUT2D eigenvalue weighted by atomic mass is 10.1. The van der Waals surface area contributed by atoms with Gasteiger partial charge in [0, 0.05) is 55.9 Å². The van der Waals surface area contributed by atoms with Gasteiger partial charge in [-0.25, -0.2) is 0 Å². The molecule has 0 radical (unpaired) electrons. The molecule has 1 saturated heterocycles. The summed E-state index contributed by atoms with van der Waals surface area (Å²) < 4.78 is 3.69. The second-order valence-corrected chi connectivity index (χ2v) is 6.77. The van der Waals surface area contributed by atoms with Gasteiger partial charge in [0.05, 0.1) is 6.20 Å². The molecule has 3 aromatic rings. The molecule has 4 rings (SSSR count). The van der Waals surface area contributed by atoms with Crippen molar-refractivity contribution in [2.45, 2.75) is 12.5 Å². The number of nitrogens with one attached hydrogen (secondary N) is 1. The fourth-order valence-electron chi connectivity index (χ4n) is 3.53. The molecular weight excluding hydrogens is 328 g/mol. The van der Waals surface area contributed by atoms with Crippen LogP contribution in [-0.4, -0.2) is 44.3 Å². The third-order valence-corrected chi connectivity index (χ3v) is 4.98. The topological polar surface area (TPSA) is 78.9 Å². The molecule has 1 aliphatic heterocycles. The summed E-state index contributed by atoms with van der Waals surface area (Å²) >= 11 is 0. The van der Waals surface area contributed by atoms with E-state index in [4.69, 9.17) is 5.26 Å². The summed E-state index contributed by atoms with van der Waals surface area (Å²) in [5.41, 5.74) is 3.74. The van der Waals surface area contributed by atoms with E-state index < -0.39 is 0 Å². The molecule has 0 spiro atoms. The number of nitriles is 1. The monoisotopic (exact) mass is 348 g/mol. The van der Waals surface area contributed by atoms with Gasteiger partial charge in [0.25, 0.3) is 5.91 Å². The number of aryl methyl sites for hydroxylation is 2. The van der Waals surface area contributed by atoms with E-state index in [0.717, 1.165) is 28.5 Å². The van der Waals surface area contributed by atoms with Crippen LogP contribution in [-0.2, 0) is 14.1 Å². The van der Waals surface area contributed by atoms with Crippen molar-refractivity contribution in [2.75, 3.05) is 13.1 Å². The van der Waals surface area contributed by atoms with Crippen molar-refractivity contribution in [1.29, 1.82) is 5.26 Å². The van der Waals surface area contributed by atoms with Crippen molar-refractivity contribution in [1.82, 2.24) is 24.6 Å². The highest BCUT2D eigenvalue weighted by Crippen LogP contribution is 2.26. The van der Waals surface area contributed by atoms with E-state index in [-0.39, 0.29) is 11.9 Å². The first-order valence-electron chi connectivity index (χ1n) is 8.59. The molecule has 1 aromatic carbocycles. The van der Waals surface area contributed by atoms with Crippen LogP contribution in [0.3, 0.4) is 0 Å². The highest BCUT2D eigenvalue weighted by Gasteiger charge is 2.24. The van der Waals surface area contributed by atoms with Gasteiger partial charge in [-0.2, -0.15) is 10.4 Å². The molecule has 0 bridgehead atoms. The number of nitrogens with zero attached hydrogens (tertiary/aromatic N) is 5. The highest BCUT2D eigenvalue weighted by molar-refractivity contribution is 5.99. The fourth-order valence-corrected chi connectivity index (χ4v) is 3.53. The Morgan fingerprint density at radius 3 is 2.85 bits per heavy atom. The first-order valence-corrected chi connectivity index (χ1v) is 8.59. The second kappa shape index (κ2) is 6.23. The Kier molecular flexibility index (Phi) is 3.88. The summed E-state index contributed by atoms with van der Waals surface area (Å²) in [4.78, 5) is 14.4. The van der Waals surface area contributed by atoms with Crippen LogP contribution in [0.15, 0.2) is 36.7 Å². The lowest BCUT2D eigenvalue weighted by Crippen LogP contribution is -2.37. The van der Waals surface area contributed by atoms with Gasteiger partial charge < -0.3 is 14.8 Å². The molecule has 7 heteroatoms. The van der Waals surface area contributed by atoms with Crippen LogP contribution in [0.1, 0.15) is 16.9 Å². The minimum Gasteiger partial charge on any atom is -0.346 e. The van der Waals surface area contributed by atoms with Crippen LogP contribution >= 0.6 is 0 Å². The van der Waals surface area contributed by atoms with Gasteiger partial charge in [-0.15, -0.1) is 0 Å². The zero-order valence-corrected chi connectivity index (χ0v) is 14.8. The standard InChI is InChI=1S/C19H20N6O/c1-23-10-15(9-21-23)13-3-4-14-8-18(24(2)17(14)7-13)19(26)22-16-5-6-25(11-16)12-20/h3-4,7-10,16H,5-6,11H2,1-2H3,(H,22,26). The minimum absolute atomic E-state index is 0.0196. The van der Waals surface area contributed by atoms with Crippen LogP contribution < -0.4 is 5.32 Å². The maximum absolute atomic E-state index is 12.7. The molecule has 1 atom stereocenters. The predicted molar refractivity (Wildman–Crippen MR) is 98.2 cm³/mol. The van der Waals surface area contributed by atoms with E-state index >= 15 is 0 Å². The molecule has 1 fully saturated rings. The Bertz CT molecular complexity index is 1020. The van der Waals surface area contributed by atoms with Crippen LogP contribution in [0.25, 0.3) is 22.0 Å². The molecule has 1 amide bonds. The Morgan fingerprint density at radius 2 is 2.15 bits per heavy atom. The third-order valence-electron chi connectivity index (χ3n) is 4.98. The van der Waals surface area contributed by atoms with Crippen molar-refractivity contribution >= 4 is 16.8 Å². The third kappa shape index (κ3) is 2.80. The molecule has 1 N–H and O–H groups in total. The number of fused-ring (bicyclic) bond motifs is 1. The lowest BCUT2D eigenvalue weighted by molar-refractivity contribution is 0.0931. The smallest absolute Gasteiger partial charge is 0.268 e. The number of carbonyl (C=O) groups excluding carboxylic acids is 1. The van der Waals surface area contributed by atoms with Crippen LogP contribution in [0.2, 0.25) is 0 Å². The average Bonchev–Trinajstić information content (AvgIpc) is 3.34. The van der Waals surface area contributed by atoms with Gasteiger partial charge in [-0.1, -0.05) is 12.1 Å². The number of hydrogen-bond donors (Lipinski definition) is 1. The molecule has 1 aliphatic rings. The number of amides is 1. The summed E-state index contributed by atoms with van der Waals surface area (Å²) in [5.74, 6) is -0.101. The fraction of sp³-hybridized carbons (Fsp3) is 0.316. The van der Waals surface area contributed by atoms with E-state index in [0.29, 0.717) is 18.8 Å². The molecule has 1 unspecified atom stereocenters. The quantitative estimate of drug-likeness (QED) is 0.733. The van der Waals surface area contributed by atoms with Crippen molar-refractivity contribution < 1.29 is 4.79 Å². The average molecular weight is 348 g/mol. The number of carbonyl (C=O) groups is 1. The van der Waals surface area contributed by atoms with Gasteiger partial charge in [-0.3, -0.25) is 9.48 Å². The maximum atomic E-state index is 12.7. The first kappa shape index (κ1) is 16.2. The zero-order valence-electron chi connectivity index (χ0n) is 14.8. The second-order valence-electron chi connectivity index (χ2n) is 6.77.